The van der Waals surface area contributed by atoms with E-state index in [1.807, 2.05) is 6.92 Å². The Labute approximate surface area is 119 Å². The minimum absolute atomic E-state index is 0.151. The highest BCUT2D eigenvalue weighted by atomic mass is 16.2. The number of carbonyl (C=O) groups excluding carboxylic acids is 1. The zero-order valence-electron chi connectivity index (χ0n) is 13.8. The van der Waals surface area contributed by atoms with Crippen molar-refractivity contribution < 1.29 is 4.79 Å². The Hall–Kier alpha value is -0.570. The van der Waals surface area contributed by atoms with Crippen molar-refractivity contribution in [2.24, 2.45) is 11.8 Å². The van der Waals surface area contributed by atoms with Gasteiger partial charge in [0.2, 0.25) is 5.91 Å². The fourth-order valence-corrected chi connectivity index (χ4v) is 2.18. The van der Waals surface area contributed by atoms with Crippen LogP contribution in [-0.2, 0) is 4.79 Å². The summed E-state index contributed by atoms with van der Waals surface area (Å²) in [7, 11) is 0. The molecule has 3 heteroatoms. The van der Waals surface area contributed by atoms with E-state index >= 15 is 0 Å². The standard InChI is InChI=1S/C16H34N2O/c1-7-9-10-17-15(19)16(6,11-13(3)4)18-12-14(5)8-2/h13-14,18H,7-12H2,1-6H3,(H,17,19). The van der Waals surface area contributed by atoms with E-state index in [0.29, 0.717) is 11.8 Å². The first-order valence-electron chi connectivity index (χ1n) is 7.89. The van der Waals surface area contributed by atoms with Crippen molar-refractivity contribution in [2.45, 2.75) is 72.8 Å². The van der Waals surface area contributed by atoms with E-state index in [4.69, 9.17) is 0 Å². The van der Waals surface area contributed by atoms with E-state index in [2.05, 4.69) is 45.3 Å². The van der Waals surface area contributed by atoms with Crippen LogP contribution in [0.5, 0.6) is 0 Å². The van der Waals surface area contributed by atoms with E-state index in [-0.39, 0.29) is 5.91 Å². The molecule has 0 aliphatic rings. The molecule has 0 bridgehead atoms. The molecule has 0 aromatic heterocycles. The second-order valence-electron chi connectivity index (χ2n) is 6.43. The smallest absolute Gasteiger partial charge is 0.240 e. The van der Waals surface area contributed by atoms with Crippen LogP contribution in [0.2, 0.25) is 0 Å². The Morgan fingerprint density at radius 1 is 1.21 bits per heavy atom. The summed E-state index contributed by atoms with van der Waals surface area (Å²) in [6.45, 7) is 14.6. The summed E-state index contributed by atoms with van der Waals surface area (Å²) in [5.74, 6) is 1.26. The van der Waals surface area contributed by atoms with E-state index < -0.39 is 5.54 Å². The number of hydrogen-bond donors (Lipinski definition) is 2. The molecule has 0 fully saturated rings. The molecule has 0 aromatic rings. The zero-order valence-corrected chi connectivity index (χ0v) is 13.8. The maximum Gasteiger partial charge on any atom is 0.240 e. The third kappa shape index (κ3) is 7.56. The summed E-state index contributed by atoms with van der Waals surface area (Å²) in [4.78, 5) is 12.4. The lowest BCUT2D eigenvalue weighted by Gasteiger charge is -2.32. The molecule has 0 aliphatic carbocycles. The number of hydrogen-bond acceptors (Lipinski definition) is 2. The highest BCUT2D eigenvalue weighted by Crippen LogP contribution is 2.18. The maximum atomic E-state index is 12.4. The number of nitrogens with one attached hydrogen (secondary N) is 2. The first kappa shape index (κ1) is 18.4. The summed E-state index contributed by atoms with van der Waals surface area (Å²) < 4.78 is 0. The molecule has 114 valence electrons. The summed E-state index contributed by atoms with van der Waals surface area (Å²) >= 11 is 0. The Morgan fingerprint density at radius 3 is 2.32 bits per heavy atom. The Bertz CT molecular complexity index is 253. The lowest BCUT2D eigenvalue weighted by atomic mass is 9.89. The summed E-state index contributed by atoms with van der Waals surface area (Å²) in [6, 6.07) is 0. The van der Waals surface area contributed by atoms with E-state index in [0.717, 1.165) is 38.8 Å². The predicted octanol–water partition coefficient (Wildman–Crippen LogP) is 3.34. The van der Waals surface area contributed by atoms with Gasteiger partial charge in [0.05, 0.1) is 5.54 Å². The van der Waals surface area contributed by atoms with Crippen LogP contribution in [0.25, 0.3) is 0 Å². The molecular weight excluding hydrogens is 236 g/mol. The van der Waals surface area contributed by atoms with Gasteiger partial charge in [-0.1, -0.05) is 47.5 Å². The molecule has 2 atom stereocenters. The summed E-state index contributed by atoms with van der Waals surface area (Å²) in [6.07, 6.45) is 4.18. The van der Waals surface area contributed by atoms with Crippen LogP contribution in [0.3, 0.4) is 0 Å². The van der Waals surface area contributed by atoms with Gasteiger partial charge in [0.15, 0.2) is 0 Å². The molecule has 0 aromatic carbocycles. The topological polar surface area (TPSA) is 41.1 Å². The van der Waals surface area contributed by atoms with E-state index in [1.165, 1.54) is 0 Å². The predicted molar refractivity (Wildman–Crippen MR) is 83.2 cm³/mol. The molecule has 2 unspecified atom stereocenters. The van der Waals surface area contributed by atoms with Gasteiger partial charge in [0.1, 0.15) is 0 Å². The molecule has 0 heterocycles. The third-order valence-electron chi connectivity index (χ3n) is 3.67. The van der Waals surface area contributed by atoms with Crippen LogP contribution < -0.4 is 10.6 Å². The van der Waals surface area contributed by atoms with Gasteiger partial charge >= 0.3 is 0 Å². The van der Waals surface area contributed by atoms with Crippen LogP contribution in [-0.4, -0.2) is 24.5 Å². The first-order valence-corrected chi connectivity index (χ1v) is 7.89. The van der Waals surface area contributed by atoms with Crippen molar-refractivity contribution in [2.75, 3.05) is 13.1 Å². The third-order valence-corrected chi connectivity index (χ3v) is 3.67. The van der Waals surface area contributed by atoms with E-state index in [1.54, 1.807) is 0 Å². The van der Waals surface area contributed by atoms with Gasteiger partial charge in [-0.3, -0.25) is 4.79 Å². The molecule has 0 saturated heterocycles. The molecular formula is C16H34N2O. The van der Waals surface area contributed by atoms with Crippen molar-refractivity contribution in [3.05, 3.63) is 0 Å². The fraction of sp³-hybridized carbons (Fsp3) is 0.938. The zero-order chi connectivity index (χ0) is 14.9. The maximum absolute atomic E-state index is 12.4. The molecule has 0 spiro atoms. The molecule has 2 N–H and O–H groups in total. The molecule has 19 heavy (non-hydrogen) atoms. The Morgan fingerprint density at radius 2 is 1.84 bits per heavy atom. The molecule has 1 amide bonds. The highest BCUT2D eigenvalue weighted by Gasteiger charge is 2.33. The van der Waals surface area contributed by atoms with Crippen LogP contribution in [0.1, 0.15) is 67.2 Å². The van der Waals surface area contributed by atoms with Gasteiger partial charge in [-0.2, -0.15) is 0 Å². The first-order chi connectivity index (χ1) is 8.85. The average molecular weight is 270 g/mol. The lowest BCUT2D eigenvalue weighted by molar-refractivity contribution is -0.127. The molecule has 0 saturated carbocycles. The van der Waals surface area contributed by atoms with Gasteiger partial charge in [-0.25, -0.2) is 0 Å². The number of unbranched alkanes of at least 4 members (excludes halogenated alkanes) is 1. The second kappa shape index (κ2) is 9.35. The van der Waals surface area contributed by atoms with Crippen LogP contribution in [0.15, 0.2) is 0 Å². The van der Waals surface area contributed by atoms with Gasteiger partial charge < -0.3 is 10.6 Å². The van der Waals surface area contributed by atoms with Gasteiger partial charge in [-0.15, -0.1) is 0 Å². The van der Waals surface area contributed by atoms with Gasteiger partial charge in [0.25, 0.3) is 0 Å². The number of amides is 1. The molecule has 0 aliphatic heterocycles. The number of rotatable bonds is 10. The Kier molecular flexibility index (Phi) is 9.07. The van der Waals surface area contributed by atoms with Gasteiger partial charge in [0, 0.05) is 6.54 Å². The average Bonchev–Trinajstić information content (AvgIpc) is 2.35. The molecule has 0 radical (unpaired) electrons. The minimum atomic E-state index is -0.439. The molecule has 3 nitrogen and oxygen atoms in total. The SMILES string of the molecule is CCCCNC(=O)C(C)(CC(C)C)NCC(C)CC. The van der Waals surface area contributed by atoms with Gasteiger partial charge in [-0.05, 0) is 38.1 Å². The highest BCUT2D eigenvalue weighted by molar-refractivity contribution is 5.85. The monoisotopic (exact) mass is 270 g/mol. The minimum Gasteiger partial charge on any atom is -0.355 e. The lowest BCUT2D eigenvalue weighted by Crippen LogP contribution is -2.56. The van der Waals surface area contributed by atoms with Crippen molar-refractivity contribution in [1.29, 1.82) is 0 Å². The Balaban J connectivity index is 4.51. The van der Waals surface area contributed by atoms with Crippen molar-refractivity contribution in [3.8, 4) is 0 Å². The number of carbonyl (C=O) groups is 1. The van der Waals surface area contributed by atoms with Crippen molar-refractivity contribution >= 4 is 5.91 Å². The normalized spacial score (nSPS) is 16.2. The van der Waals surface area contributed by atoms with Crippen molar-refractivity contribution in [3.63, 3.8) is 0 Å². The summed E-state index contributed by atoms with van der Waals surface area (Å²) in [5, 5.41) is 6.56. The van der Waals surface area contributed by atoms with Crippen LogP contribution in [0.4, 0.5) is 0 Å². The largest absolute Gasteiger partial charge is 0.355 e. The van der Waals surface area contributed by atoms with Crippen molar-refractivity contribution in [1.82, 2.24) is 10.6 Å². The fourth-order valence-electron chi connectivity index (χ4n) is 2.18. The molecule has 0 rings (SSSR count). The summed E-state index contributed by atoms with van der Waals surface area (Å²) in [5.41, 5.74) is -0.439. The quantitative estimate of drug-likeness (QED) is 0.598. The van der Waals surface area contributed by atoms with E-state index in [9.17, 15) is 4.79 Å². The van der Waals surface area contributed by atoms with Crippen LogP contribution in [0, 0.1) is 11.8 Å². The second-order valence-corrected chi connectivity index (χ2v) is 6.43. The van der Waals surface area contributed by atoms with Crippen LogP contribution >= 0.6 is 0 Å².